The monoisotopic (exact) mass is 401 g/mol. The van der Waals surface area contributed by atoms with Gasteiger partial charge in [0.2, 0.25) is 0 Å². The van der Waals surface area contributed by atoms with Crippen molar-refractivity contribution in [2.24, 2.45) is 0 Å². The molecule has 0 saturated carbocycles. The van der Waals surface area contributed by atoms with E-state index in [9.17, 15) is 9.59 Å². The SMILES string of the molecule is CCOC(=O)CNc1ccc(C)cc1C(=O)CSc1nnc(-c2ccco2)o1. The number of hydrogen-bond donors (Lipinski definition) is 1. The molecule has 0 saturated heterocycles. The van der Waals surface area contributed by atoms with Crippen LogP contribution in [-0.2, 0) is 9.53 Å². The van der Waals surface area contributed by atoms with Crippen LogP contribution in [-0.4, -0.2) is 40.9 Å². The van der Waals surface area contributed by atoms with E-state index in [4.69, 9.17) is 13.6 Å². The molecule has 8 nitrogen and oxygen atoms in total. The Morgan fingerprint density at radius 3 is 2.86 bits per heavy atom. The van der Waals surface area contributed by atoms with Crippen LogP contribution in [0.25, 0.3) is 11.7 Å². The van der Waals surface area contributed by atoms with Gasteiger partial charge < -0.3 is 18.9 Å². The van der Waals surface area contributed by atoms with E-state index in [1.165, 1.54) is 6.26 Å². The first kappa shape index (κ1) is 19.7. The fourth-order valence-electron chi connectivity index (χ4n) is 2.40. The summed E-state index contributed by atoms with van der Waals surface area (Å²) < 4.78 is 15.6. The Kier molecular flexibility index (Phi) is 6.49. The molecule has 0 amide bonds. The van der Waals surface area contributed by atoms with E-state index in [2.05, 4.69) is 15.5 Å². The van der Waals surface area contributed by atoms with Crippen LogP contribution < -0.4 is 5.32 Å². The molecule has 0 unspecified atom stereocenters. The van der Waals surface area contributed by atoms with Crippen molar-refractivity contribution >= 4 is 29.2 Å². The van der Waals surface area contributed by atoms with E-state index in [-0.39, 0.29) is 35.2 Å². The van der Waals surface area contributed by atoms with Gasteiger partial charge in [0.05, 0.1) is 18.6 Å². The topological polar surface area (TPSA) is 107 Å². The molecule has 0 radical (unpaired) electrons. The van der Waals surface area contributed by atoms with Gasteiger partial charge in [-0.1, -0.05) is 23.4 Å². The first-order valence-corrected chi connectivity index (χ1v) is 9.59. The summed E-state index contributed by atoms with van der Waals surface area (Å²) in [6.45, 7) is 3.93. The summed E-state index contributed by atoms with van der Waals surface area (Å²) in [7, 11) is 0. The minimum Gasteiger partial charge on any atom is -0.465 e. The summed E-state index contributed by atoms with van der Waals surface area (Å²) in [5.41, 5.74) is 2.00. The van der Waals surface area contributed by atoms with Crippen molar-refractivity contribution in [1.82, 2.24) is 10.2 Å². The number of carbonyl (C=O) groups excluding carboxylic acids is 2. The first-order chi connectivity index (χ1) is 13.6. The number of nitrogens with one attached hydrogen (secondary N) is 1. The molecule has 1 N–H and O–H groups in total. The number of nitrogens with zero attached hydrogens (tertiary/aromatic N) is 2. The van der Waals surface area contributed by atoms with Crippen LogP contribution in [0, 0.1) is 6.92 Å². The van der Waals surface area contributed by atoms with Crippen molar-refractivity contribution in [2.45, 2.75) is 19.1 Å². The molecule has 3 aromatic rings. The molecule has 2 aromatic heterocycles. The number of anilines is 1. The number of Topliss-reactive ketones (excluding diaryl/α,β-unsaturated/α-hetero) is 1. The Hall–Kier alpha value is -3.07. The Labute approximate surface area is 165 Å². The van der Waals surface area contributed by atoms with Crippen LogP contribution in [0.4, 0.5) is 5.69 Å². The second-order valence-electron chi connectivity index (χ2n) is 5.77. The smallest absolute Gasteiger partial charge is 0.325 e. The van der Waals surface area contributed by atoms with Crippen molar-refractivity contribution in [2.75, 3.05) is 24.2 Å². The third-order valence-electron chi connectivity index (χ3n) is 3.67. The average molecular weight is 401 g/mol. The van der Waals surface area contributed by atoms with Gasteiger partial charge in [-0.25, -0.2) is 0 Å². The minimum absolute atomic E-state index is 0.0134. The lowest BCUT2D eigenvalue weighted by Gasteiger charge is -2.11. The maximum atomic E-state index is 12.7. The summed E-state index contributed by atoms with van der Waals surface area (Å²) in [4.78, 5) is 24.3. The maximum absolute atomic E-state index is 12.7. The molecule has 28 heavy (non-hydrogen) atoms. The van der Waals surface area contributed by atoms with Crippen LogP contribution in [0.1, 0.15) is 22.8 Å². The van der Waals surface area contributed by atoms with E-state index in [1.54, 1.807) is 31.2 Å². The zero-order chi connectivity index (χ0) is 19.9. The minimum atomic E-state index is -0.382. The molecular formula is C19H19N3O5S. The largest absolute Gasteiger partial charge is 0.465 e. The lowest BCUT2D eigenvalue weighted by atomic mass is 10.1. The predicted octanol–water partition coefficient (Wildman–Crippen LogP) is 3.59. The number of esters is 1. The van der Waals surface area contributed by atoms with Gasteiger partial charge >= 0.3 is 5.97 Å². The van der Waals surface area contributed by atoms with Gasteiger partial charge in [0.25, 0.3) is 11.1 Å². The quantitative estimate of drug-likeness (QED) is 0.327. The molecule has 0 bridgehead atoms. The molecule has 9 heteroatoms. The van der Waals surface area contributed by atoms with Crippen LogP contribution in [0.15, 0.2) is 50.7 Å². The first-order valence-electron chi connectivity index (χ1n) is 8.60. The third kappa shape index (κ3) is 5.01. The van der Waals surface area contributed by atoms with Gasteiger partial charge in [-0.15, -0.1) is 10.2 Å². The Bertz CT molecular complexity index is 952. The fourth-order valence-corrected chi connectivity index (χ4v) is 3.04. The number of benzene rings is 1. The normalized spacial score (nSPS) is 10.6. The van der Waals surface area contributed by atoms with Gasteiger partial charge in [0.15, 0.2) is 11.5 Å². The number of thioether (sulfide) groups is 1. The molecule has 3 rings (SSSR count). The van der Waals surface area contributed by atoms with Crippen molar-refractivity contribution < 1.29 is 23.2 Å². The molecular weight excluding hydrogens is 382 g/mol. The van der Waals surface area contributed by atoms with Gasteiger partial charge in [-0.2, -0.15) is 0 Å². The summed E-state index contributed by atoms with van der Waals surface area (Å²) in [5.74, 6) is 0.323. The fraction of sp³-hybridized carbons (Fsp3) is 0.263. The van der Waals surface area contributed by atoms with E-state index >= 15 is 0 Å². The molecule has 146 valence electrons. The highest BCUT2D eigenvalue weighted by molar-refractivity contribution is 7.99. The number of furan rings is 1. The zero-order valence-electron chi connectivity index (χ0n) is 15.4. The van der Waals surface area contributed by atoms with E-state index in [0.29, 0.717) is 23.6 Å². The summed E-state index contributed by atoms with van der Waals surface area (Å²) in [5, 5.41) is 11.0. The van der Waals surface area contributed by atoms with Gasteiger partial charge in [-0.05, 0) is 38.1 Å². The lowest BCUT2D eigenvalue weighted by Crippen LogP contribution is -2.18. The second-order valence-corrected chi connectivity index (χ2v) is 6.70. The zero-order valence-corrected chi connectivity index (χ0v) is 16.2. The maximum Gasteiger partial charge on any atom is 0.325 e. The van der Waals surface area contributed by atoms with Crippen molar-refractivity contribution in [1.29, 1.82) is 0 Å². The molecule has 0 aliphatic heterocycles. The molecule has 0 spiro atoms. The van der Waals surface area contributed by atoms with Gasteiger partial charge in [0, 0.05) is 11.3 Å². The highest BCUT2D eigenvalue weighted by Crippen LogP contribution is 2.25. The average Bonchev–Trinajstić information content (AvgIpc) is 3.37. The Balaban J connectivity index is 1.65. The highest BCUT2D eigenvalue weighted by Gasteiger charge is 2.16. The van der Waals surface area contributed by atoms with Gasteiger partial charge in [-0.3, -0.25) is 9.59 Å². The summed E-state index contributed by atoms with van der Waals surface area (Å²) in [6.07, 6.45) is 1.51. The second kappa shape index (κ2) is 9.23. The predicted molar refractivity (Wildman–Crippen MR) is 103 cm³/mol. The molecule has 0 atom stereocenters. The highest BCUT2D eigenvalue weighted by atomic mass is 32.2. The molecule has 2 heterocycles. The Morgan fingerprint density at radius 1 is 1.25 bits per heavy atom. The standard InChI is InChI=1S/C19H19N3O5S/c1-3-25-17(24)10-20-14-7-6-12(2)9-13(14)15(23)11-28-19-22-21-18(27-19)16-5-4-8-26-16/h4-9,20H,3,10-11H2,1-2H3. The van der Waals surface area contributed by atoms with Crippen molar-refractivity contribution in [3.63, 3.8) is 0 Å². The molecule has 0 fully saturated rings. The number of ether oxygens (including phenoxy) is 1. The number of aromatic nitrogens is 2. The third-order valence-corrected chi connectivity index (χ3v) is 4.49. The van der Waals surface area contributed by atoms with Crippen LogP contribution in [0.2, 0.25) is 0 Å². The molecule has 0 aliphatic carbocycles. The number of ketones is 1. The van der Waals surface area contributed by atoms with E-state index < -0.39 is 0 Å². The number of carbonyl (C=O) groups is 2. The summed E-state index contributed by atoms with van der Waals surface area (Å²) >= 11 is 1.14. The number of hydrogen-bond acceptors (Lipinski definition) is 9. The van der Waals surface area contributed by atoms with Gasteiger partial charge in [0.1, 0.15) is 6.54 Å². The van der Waals surface area contributed by atoms with Crippen molar-refractivity contribution in [3.8, 4) is 11.7 Å². The molecule has 1 aromatic carbocycles. The van der Waals surface area contributed by atoms with E-state index in [1.807, 2.05) is 13.0 Å². The van der Waals surface area contributed by atoms with Crippen molar-refractivity contribution in [3.05, 3.63) is 47.7 Å². The van der Waals surface area contributed by atoms with Crippen LogP contribution in [0.3, 0.4) is 0 Å². The Morgan fingerprint density at radius 2 is 2.11 bits per heavy atom. The summed E-state index contributed by atoms with van der Waals surface area (Å²) in [6, 6.07) is 8.84. The molecule has 0 aliphatic rings. The van der Waals surface area contributed by atoms with E-state index in [0.717, 1.165) is 17.3 Å². The number of aryl methyl sites for hydroxylation is 1. The lowest BCUT2D eigenvalue weighted by molar-refractivity contribution is -0.140. The van der Waals surface area contributed by atoms with Crippen LogP contribution >= 0.6 is 11.8 Å². The van der Waals surface area contributed by atoms with Crippen LogP contribution in [0.5, 0.6) is 0 Å². The number of rotatable bonds is 9.